The highest BCUT2D eigenvalue weighted by Gasteiger charge is 2.12. The number of carbonyl (C=O) groups excluding carboxylic acids is 1. The largest absolute Gasteiger partial charge is 0.462 e. The fraction of sp³-hybridized carbons (Fsp3) is 0.400. The fourth-order valence-corrected chi connectivity index (χ4v) is 4.85. The lowest BCUT2D eigenvalue weighted by Crippen LogP contribution is -2.11. The van der Waals surface area contributed by atoms with Gasteiger partial charge in [-0.15, -0.1) is 0 Å². The maximum atomic E-state index is 15.3. The molecule has 0 heterocycles. The van der Waals surface area contributed by atoms with E-state index in [4.69, 9.17) is 4.74 Å². The number of halogens is 1. The molecule has 3 aromatic rings. The van der Waals surface area contributed by atoms with Crippen molar-refractivity contribution in [3.8, 4) is 11.1 Å². The Balaban J connectivity index is 1.54. The molecule has 0 aliphatic heterocycles. The minimum absolute atomic E-state index is 0.00890. The Kier molecular flexibility index (Phi) is 12.6. The molecule has 0 aromatic heterocycles. The van der Waals surface area contributed by atoms with E-state index >= 15 is 4.39 Å². The molecule has 0 spiro atoms. The summed E-state index contributed by atoms with van der Waals surface area (Å²) in [5.41, 5.74) is 7.68. The van der Waals surface area contributed by atoms with Crippen LogP contribution in [-0.2, 0) is 41.6 Å². The molecule has 4 nitrogen and oxygen atoms in total. The molecule has 5 heteroatoms. The molecular formula is C35H43FO4. The number of hydrogen-bond acceptors (Lipinski definition) is 4. The van der Waals surface area contributed by atoms with Gasteiger partial charge in [0.15, 0.2) is 0 Å². The lowest BCUT2D eigenvalue weighted by Gasteiger charge is -2.14. The van der Waals surface area contributed by atoms with E-state index in [1.807, 2.05) is 18.2 Å². The molecular weight excluding hydrogens is 503 g/mol. The van der Waals surface area contributed by atoms with E-state index in [1.165, 1.54) is 16.7 Å². The minimum atomic E-state index is -0.344. The summed E-state index contributed by atoms with van der Waals surface area (Å²) in [7, 11) is 0. The van der Waals surface area contributed by atoms with Gasteiger partial charge >= 0.3 is 5.97 Å². The van der Waals surface area contributed by atoms with Gasteiger partial charge in [-0.2, -0.15) is 0 Å². The van der Waals surface area contributed by atoms with Gasteiger partial charge in [-0.25, -0.2) is 9.18 Å². The number of aryl methyl sites for hydroxylation is 5. The second-order valence-corrected chi connectivity index (χ2v) is 10.6. The predicted octanol–water partition coefficient (Wildman–Crippen LogP) is 6.82. The third-order valence-corrected chi connectivity index (χ3v) is 7.39. The van der Waals surface area contributed by atoms with E-state index in [-0.39, 0.29) is 30.9 Å². The van der Waals surface area contributed by atoms with Gasteiger partial charge in [-0.05, 0) is 97.7 Å². The fourth-order valence-electron chi connectivity index (χ4n) is 4.85. The van der Waals surface area contributed by atoms with Crippen LogP contribution in [0.25, 0.3) is 11.1 Å². The summed E-state index contributed by atoms with van der Waals surface area (Å²) in [5, 5.41) is 18.5. The van der Waals surface area contributed by atoms with Crippen LogP contribution in [0, 0.1) is 11.7 Å². The first-order chi connectivity index (χ1) is 19.3. The summed E-state index contributed by atoms with van der Waals surface area (Å²) in [6.45, 7) is 7.72. The number of aliphatic hydroxyl groups excluding tert-OH is 2. The summed E-state index contributed by atoms with van der Waals surface area (Å²) in [6, 6.07) is 20.3. The summed E-state index contributed by atoms with van der Waals surface area (Å²) < 4.78 is 20.4. The Hall–Kier alpha value is -3.28. The van der Waals surface area contributed by atoms with Gasteiger partial charge in [0.05, 0.1) is 6.61 Å². The highest BCUT2D eigenvalue weighted by atomic mass is 19.1. The van der Waals surface area contributed by atoms with E-state index in [0.717, 1.165) is 68.1 Å². The van der Waals surface area contributed by atoms with E-state index in [0.29, 0.717) is 17.7 Å². The van der Waals surface area contributed by atoms with Crippen LogP contribution < -0.4 is 0 Å². The van der Waals surface area contributed by atoms with Gasteiger partial charge in [0, 0.05) is 30.3 Å². The van der Waals surface area contributed by atoms with Crippen molar-refractivity contribution in [1.82, 2.24) is 0 Å². The number of benzene rings is 3. The quantitative estimate of drug-likeness (QED) is 0.118. The van der Waals surface area contributed by atoms with Crippen LogP contribution in [0.2, 0.25) is 0 Å². The molecule has 3 rings (SSSR count). The van der Waals surface area contributed by atoms with Crippen molar-refractivity contribution < 1.29 is 24.1 Å². The van der Waals surface area contributed by atoms with Crippen molar-refractivity contribution in [3.05, 3.63) is 106 Å². The predicted molar refractivity (Wildman–Crippen MR) is 160 cm³/mol. The van der Waals surface area contributed by atoms with Crippen LogP contribution in [0.15, 0.2) is 72.8 Å². The minimum Gasteiger partial charge on any atom is -0.462 e. The topological polar surface area (TPSA) is 66.8 Å². The lowest BCUT2D eigenvalue weighted by atomic mass is 9.92. The molecule has 0 unspecified atom stereocenters. The zero-order valence-corrected chi connectivity index (χ0v) is 23.9. The van der Waals surface area contributed by atoms with Gasteiger partial charge in [0.1, 0.15) is 5.82 Å². The second kappa shape index (κ2) is 16.1. The highest BCUT2D eigenvalue weighted by Crippen LogP contribution is 2.29. The van der Waals surface area contributed by atoms with Gasteiger partial charge < -0.3 is 14.9 Å². The first-order valence-electron chi connectivity index (χ1n) is 14.4. The normalized spacial score (nSPS) is 11.2. The van der Waals surface area contributed by atoms with Crippen molar-refractivity contribution in [2.75, 3.05) is 19.8 Å². The number of aliphatic hydroxyl groups is 2. The SMILES string of the molecule is C=C(C)C(=O)OCCCc1ccc(CCc2ccc(-c3ccc(CCCC(CO)CO)cc3CC)c(F)c2)cc1. The average Bonchev–Trinajstić information content (AvgIpc) is 2.97. The number of ether oxygens (including phenoxy) is 1. The first kappa shape index (κ1) is 31.3. The van der Waals surface area contributed by atoms with Gasteiger partial charge in [0.25, 0.3) is 0 Å². The standard InChI is InChI=1S/C35H43FO4/c1-4-31-21-28(7-5-8-30(23-37)24-38)16-18-32(31)33-19-17-29(22-34(33)36)15-14-27-12-10-26(11-13-27)9-6-20-40-35(39)25(2)3/h10-13,16-19,21-22,30,37-38H,2,4-9,14-15,20,23-24H2,1,3H3. The summed E-state index contributed by atoms with van der Waals surface area (Å²) in [4.78, 5) is 11.4. The lowest BCUT2D eigenvalue weighted by molar-refractivity contribution is -0.139. The van der Waals surface area contributed by atoms with Crippen LogP contribution in [0.5, 0.6) is 0 Å². The maximum Gasteiger partial charge on any atom is 0.333 e. The van der Waals surface area contributed by atoms with Crippen LogP contribution in [0.1, 0.15) is 60.9 Å². The molecule has 0 atom stereocenters. The number of esters is 1. The molecule has 0 fully saturated rings. The number of rotatable bonds is 16. The van der Waals surface area contributed by atoms with E-state index in [2.05, 4.69) is 49.9 Å². The first-order valence-corrected chi connectivity index (χ1v) is 14.4. The van der Waals surface area contributed by atoms with Crippen molar-refractivity contribution >= 4 is 5.97 Å². The molecule has 0 radical (unpaired) electrons. The van der Waals surface area contributed by atoms with Crippen molar-refractivity contribution in [2.45, 2.75) is 65.2 Å². The van der Waals surface area contributed by atoms with Gasteiger partial charge in [-0.3, -0.25) is 0 Å². The Morgan fingerprint density at radius 1 is 0.825 bits per heavy atom. The Morgan fingerprint density at radius 3 is 1.98 bits per heavy atom. The molecule has 214 valence electrons. The van der Waals surface area contributed by atoms with Crippen LogP contribution >= 0.6 is 0 Å². The Bertz CT molecular complexity index is 1240. The average molecular weight is 547 g/mol. The Morgan fingerprint density at radius 2 is 1.38 bits per heavy atom. The zero-order valence-electron chi connectivity index (χ0n) is 23.9. The van der Waals surface area contributed by atoms with Crippen molar-refractivity contribution in [1.29, 1.82) is 0 Å². The molecule has 0 saturated heterocycles. The van der Waals surface area contributed by atoms with Crippen LogP contribution in [0.4, 0.5) is 4.39 Å². The van der Waals surface area contributed by atoms with Gasteiger partial charge in [-0.1, -0.05) is 68.1 Å². The van der Waals surface area contributed by atoms with Gasteiger partial charge in [0.2, 0.25) is 0 Å². The van der Waals surface area contributed by atoms with E-state index in [1.54, 1.807) is 13.0 Å². The monoisotopic (exact) mass is 546 g/mol. The van der Waals surface area contributed by atoms with E-state index < -0.39 is 0 Å². The number of carbonyl (C=O) groups is 1. The Labute approximate surface area is 238 Å². The highest BCUT2D eigenvalue weighted by molar-refractivity contribution is 5.86. The second-order valence-electron chi connectivity index (χ2n) is 10.6. The molecule has 0 bridgehead atoms. The van der Waals surface area contributed by atoms with Crippen molar-refractivity contribution in [3.63, 3.8) is 0 Å². The zero-order chi connectivity index (χ0) is 28.9. The smallest absolute Gasteiger partial charge is 0.333 e. The molecule has 40 heavy (non-hydrogen) atoms. The summed E-state index contributed by atoms with van der Waals surface area (Å²) >= 11 is 0. The molecule has 0 aliphatic rings. The molecule has 2 N–H and O–H groups in total. The van der Waals surface area contributed by atoms with E-state index in [9.17, 15) is 15.0 Å². The van der Waals surface area contributed by atoms with Crippen LogP contribution in [0.3, 0.4) is 0 Å². The maximum absolute atomic E-state index is 15.3. The van der Waals surface area contributed by atoms with Crippen LogP contribution in [-0.4, -0.2) is 36.0 Å². The molecule has 0 saturated carbocycles. The third kappa shape index (κ3) is 9.42. The molecule has 0 amide bonds. The summed E-state index contributed by atoms with van der Waals surface area (Å²) in [6.07, 6.45) is 6.56. The molecule has 3 aromatic carbocycles. The number of hydrogen-bond donors (Lipinski definition) is 2. The molecule has 0 aliphatic carbocycles. The third-order valence-electron chi connectivity index (χ3n) is 7.39. The summed E-state index contributed by atoms with van der Waals surface area (Å²) in [5.74, 6) is -0.604. The van der Waals surface area contributed by atoms with Crippen molar-refractivity contribution in [2.24, 2.45) is 5.92 Å².